The number of hydrogen-bond acceptors (Lipinski definition) is 3. The minimum absolute atomic E-state index is 0.0600. The third kappa shape index (κ3) is 9.93. The van der Waals surface area contributed by atoms with Gasteiger partial charge in [-0.3, -0.25) is 4.79 Å². The molecular formula is C12H26N2O2. The SMILES string of the molecule is CC(C)CCOC(C)CNC(=O)CCCN. The smallest absolute Gasteiger partial charge is 0.220 e. The molecule has 16 heavy (non-hydrogen) atoms. The van der Waals surface area contributed by atoms with Crippen molar-refractivity contribution in [2.24, 2.45) is 11.7 Å². The van der Waals surface area contributed by atoms with Gasteiger partial charge in [-0.2, -0.15) is 0 Å². The van der Waals surface area contributed by atoms with E-state index in [9.17, 15) is 4.79 Å². The molecule has 0 saturated carbocycles. The van der Waals surface area contributed by atoms with Crippen LogP contribution in [0.25, 0.3) is 0 Å². The number of rotatable bonds is 9. The van der Waals surface area contributed by atoms with Crippen LogP contribution in [0.15, 0.2) is 0 Å². The Balaban J connectivity index is 3.42. The minimum atomic E-state index is 0.0600. The largest absolute Gasteiger partial charge is 0.377 e. The van der Waals surface area contributed by atoms with Crippen molar-refractivity contribution >= 4 is 5.91 Å². The van der Waals surface area contributed by atoms with Gasteiger partial charge in [-0.05, 0) is 32.2 Å². The fraction of sp³-hybridized carbons (Fsp3) is 0.917. The van der Waals surface area contributed by atoms with Gasteiger partial charge in [-0.1, -0.05) is 13.8 Å². The zero-order valence-corrected chi connectivity index (χ0v) is 10.8. The van der Waals surface area contributed by atoms with E-state index in [-0.39, 0.29) is 12.0 Å². The van der Waals surface area contributed by atoms with Gasteiger partial charge in [0.2, 0.25) is 5.91 Å². The molecule has 1 atom stereocenters. The van der Waals surface area contributed by atoms with Crippen molar-refractivity contribution < 1.29 is 9.53 Å². The predicted molar refractivity (Wildman–Crippen MR) is 66.2 cm³/mol. The minimum Gasteiger partial charge on any atom is -0.377 e. The van der Waals surface area contributed by atoms with Gasteiger partial charge in [0.05, 0.1) is 6.10 Å². The number of carbonyl (C=O) groups is 1. The van der Waals surface area contributed by atoms with Gasteiger partial charge in [0.15, 0.2) is 0 Å². The average molecular weight is 230 g/mol. The Hall–Kier alpha value is -0.610. The maximum atomic E-state index is 11.3. The van der Waals surface area contributed by atoms with Crippen LogP contribution in [-0.4, -0.2) is 31.7 Å². The highest BCUT2D eigenvalue weighted by atomic mass is 16.5. The molecule has 0 aliphatic carbocycles. The number of nitrogens with one attached hydrogen (secondary N) is 1. The van der Waals surface area contributed by atoms with Crippen LogP contribution in [0, 0.1) is 5.92 Å². The maximum Gasteiger partial charge on any atom is 0.220 e. The van der Waals surface area contributed by atoms with Gasteiger partial charge in [0.25, 0.3) is 0 Å². The van der Waals surface area contributed by atoms with Crippen molar-refractivity contribution in [1.82, 2.24) is 5.32 Å². The van der Waals surface area contributed by atoms with Crippen molar-refractivity contribution in [2.45, 2.75) is 46.1 Å². The van der Waals surface area contributed by atoms with Gasteiger partial charge in [0, 0.05) is 19.6 Å². The van der Waals surface area contributed by atoms with Crippen LogP contribution in [0.2, 0.25) is 0 Å². The Morgan fingerprint density at radius 2 is 2.06 bits per heavy atom. The third-order valence-electron chi connectivity index (χ3n) is 2.29. The second-order valence-corrected chi connectivity index (χ2v) is 4.56. The molecule has 0 radical (unpaired) electrons. The zero-order valence-electron chi connectivity index (χ0n) is 10.8. The van der Waals surface area contributed by atoms with Gasteiger partial charge >= 0.3 is 0 Å². The highest BCUT2D eigenvalue weighted by Crippen LogP contribution is 2.00. The molecule has 1 unspecified atom stereocenters. The van der Waals surface area contributed by atoms with Crippen LogP contribution in [0.1, 0.15) is 40.0 Å². The quantitative estimate of drug-likeness (QED) is 0.627. The van der Waals surface area contributed by atoms with Crippen LogP contribution in [0.3, 0.4) is 0 Å². The van der Waals surface area contributed by atoms with Crippen molar-refractivity contribution in [1.29, 1.82) is 0 Å². The van der Waals surface area contributed by atoms with Crippen molar-refractivity contribution in [3.8, 4) is 0 Å². The first-order valence-corrected chi connectivity index (χ1v) is 6.14. The normalized spacial score (nSPS) is 12.8. The van der Waals surface area contributed by atoms with Crippen LogP contribution in [-0.2, 0) is 9.53 Å². The molecule has 1 amide bonds. The summed E-state index contributed by atoms with van der Waals surface area (Å²) < 4.78 is 5.57. The van der Waals surface area contributed by atoms with E-state index in [4.69, 9.17) is 10.5 Å². The van der Waals surface area contributed by atoms with Gasteiger partial charge in [-0.15, -0.1) is 0 Å². The second kappa shape index (κ2) is 9.60. The molecule has 3 N–H and O–H groups in total. The molecule has 0 bridgehead atoms. The fourth-order valence-electron chi connectivity index (χ4n) is 1.17. The summed E-state index contributed by atoms with van der Waals surface area (Å²) in [4.78, 5) is 11.3. The van der Waals surface area contributed by atoms with Crippen LogP contribution in [0.5, 0.6) is 0 Å². The van der Waals surface area contributed by atoms with E-state index >= 15 is 0 Å². The molecule has 4 nitrogen and oxygen atoms in total. The summed E-state index contributed by atoms with van der Waals surface area (Å²) in [6.07, 6.45) is 2.40. The Bertz CT molecular complexity index is 184. The van der Waals surface area contributed by atoms with E-state index in [2.05, 4.69) is 19.2 Å². The van der Waals surface area contributed by atoms with Gasteiger partial charge in [-0.25, -0.2) is 0 Å². The van der Waals surface area contributed by atoms with E-state index in [1.807, 2.05) is 6.92 Å². The molecule has 4 heteroatoms. The number of nitrogens with two attached hydrogens (primary N) is 1. The molecule has 0 aliphatic heterocycles. The lowest BCUT2D eigenvalue weighted by Gasteiger charge is -2.14. The predicted octanol–water partition coefficient (Wildman–Crippen LogP) is 1.29. The molecule has 0 spiro atoms. The van der Waals surface area contributed by atoms with E-state index in [0.29, 0.717) is 25.4 Å². The van der Waals surface area contributed by atoms with Gasteiger partial charge in [0.1, 0.15) is 0 Å². The van der Waals surface area contributed by atoms with E-state index in [1.165, 1.54) is 0 Å². The Kier molecular flexibility index (Phi) is 9.24. The number of carbonyl (C=O) groups excluding carboxylic acids is 1. The van der Waals surface area contributed by atoms with Crippen LogP contribution in [0.4, 0.5) is 0 Å². The van der Waals surface area contributed by atoms with Crippen molar-refractivity contribution in [3.05, 3.63) is 0 Å². The first-order valence-electron chi connectivity index (χ1n) is 6.14. The molecule has 0 aromatic rings. The summed E-state index contributed by atoms with van der Waals surface area (Å²) in [6, 6.07) is 0. The molecule has 0 aliphatic rings. The van der Waals surface area contributed by atoms with E-state index < -0.39 is 0 Å². The number of hydrogen-bond donors (Lipinski definition) is 2. The lowest BCUT2D eigenvalue weighted by molar-refractivity contribution is -0.121. The van der Waals surface area contributed by atoms with Crippen molar-refractivity contribution in [3.63, 3.8) is 0 Å². The summed E-state index contributed by atoms with van der Waals surface area (Å²) in [5, 5.41) is 2.84. The molecule has 0 heterocycles. The molecule has 0 rings (SSSR count). The topological polar surface area (TPSA) is 64.3 Å². The molecule has 96 valence electrons. The number of ether oxygens (including phenoxy) is 1. The average Bonchev–Trinajstić information content (AvgIpc) is 2.23. The maximum absolute atomic E-state index is 11.3. The second-order valence-electron chi connectivity index (χ2n) is 4.56. The Morgan fingerprint density at radius 3 is 2.62 bits per heavy atom. The first-order chi connectivity index (χ1) is 7.56. The summed E-state index contributed by atoms with van der Waals surface area (Å²) in [5.74, 6) is 0.719. The lowest BCUT2D eigenvalue weighted by atomic mass is 10.1. The van der Waals surface area contributed by atoms with E-state index in [1.54, 1.807) is 0 Å². The lowest BCUT2D eigenvalue weighted by Crippen LogP contribution is -2.32. The van der Waals surface area contributed by atoms with Crippen LogP contribution >= 0.6 is 0 Å². The molecule has 0 aromatic heterocycles. The monoisotopic (exact) mass is 230 g/mol. The Morgan fingerprint density at radius 1 is 1.38 bits per heavy atom. The Labute approximate surface area is 98.9 Å². The van der Waals surface area contributed by atoms with Gasteiger partial charge < -0.3 is 15.8 Å². The third-order valence-corrected chi connectivity index (χ3v) is 2.29. The van der Waals surface area contributed by atoms with Crippen LogP contribution < -0.4 is 11.1 Å². The first kappa shape index (κ1) is 15.4. The zero-order chi connectivity index (χ0) is 12.4. The fourth-order valence-corrected chi connectivity index (χ4v) is 1.17. The molecule has 0 fully saturated rings. The highest BCUT2D eigenvalue weighted by Gasteiger charge is 2.05. The summed E-state index contributed by atoms with van der Waals surface area (Å²) >= 11 is 0. The highest BCUT2D eigenvalue weighted by molar-refractivity contribution is 5.75. The standard InChI is InChI=1S/C12H26N2O2/c1-10(2)6-8-16-11(3)9-14-12(15)5-4-7-13/h10-11H,4-9,13H2,1-3H3,(H,14,15). The number of amides is 1. The summed E-state index contributed by atoms with van der Waals surface area (Å²) in [6.45, 7) is 8.22. The molecular weight excluding hydrogens is 204 g/mol. The summed E-state index contributed by atoms with van der Waals surface area (Å²) in [7, 11) is 0. The molecule has 0 saturated heterocycles. The summed E-state index contributed by atoms with van der Waals surface area (Å²) in [5.41, 5.74) is 5.32. The van der Waals surface area contributed by atoms with Crippen molar-refractivity contribution in [2.75, 3.05) is 19.7 Å². The molecule has 0 aromatic carbocycles. The van der Waals surface area contributed by atoms with E-state index in [0.717, 1.165) is 19.4 Å².